The highest BCUT2D eigenvalue weighted by Gasteiger charge is 2.49. The van der Waals surface area contributed by atoms with Crippen molar-refractivity contribution in [3.8, 4) is 0 Å². The first kappa shape index (κ1) is 17.9. The molecule has 0 unspecified atom stereocenters. The lowest BCUT2D eigenvalue weighted by molar-refractivity contribution is -0.146. The Balaban J connectivity index is 1.77. The summed E-state index contributed by atoms with van der Waals surface area (Å²) >= 11 is 0. The van der Waals surface area contributed by atoms with Gasteiger partial charge in [0, 0.05) is 25.6 Å². The summed E-state index contributed by atoms with van der Waals surface area (Å²) in [6.45, 7) is 3.93. The number of amides is 2. The number of nitrogens with one attached hydrogen (secondary N) is 1. The van der Waals surface area contributed by atoms with Gasteiger partial charge in [0.25, 0.3) is 0 Å². The van der Waals surface area contributed by atoms with Gasteiger partial charge in [-0.05, 0) is 57.8 Å². The number of hydrogen-bond donors (Lipinski definition) is 1. The molecule has 0 aromatic heterocycles. The van der Waals surface area contributed by atoms with Crippen LogP contribution in [0.2, 0.25) is 0 Å². The van der Waals surface area contributed by atoms with E-state index < -0.39 is 5.54 Å². The maximum absolute atomic E-state index is 13.5. The number of hydrogen-bond acceptors (Lipinski definition) is 3. The minimum absolute atomic E-state index is 0.0372. The van der Waals surface area contributed by atoms with Crippen molar-refractivity contribution in [2.75, 3.05) is 33.7 Å². The second-order valence-corrected chi connectivity index (χ2v) is 7.37. The number of likely N-dealkylation sites (tertiary alicyclic amines) is 1. The van der Waals surface area contributed by atoms with Crippen molar-refractivity contribution in [1.29, 1.82) is 0 Å². The van der Waals surface area contributed by atoms with Crippen LogP contribution in [0.3, 0.4) is 0 Å². The first-order chi connectivity index (χ1) is 12.0. The van der Waals surface area contributed by atoms with Gasteiger partial charge in [0.05, 0.1) is 0 Å². The first-order valence-electron chi connectivity index (χ1n) is 9.33. The maximum Gasteiger partial charge on any atom is 0.247 e. The van der Waals surface area contributed by atoms with Crippen molar-refractivity contribution < 1.29 is 9.59 Å². The summed E-state index contributed by atoms with van der Waals surface area (Å²) < 4.78 is 0. The van der Waals surface area contributed by atoms with Crippen LogP contribution in [0, 0.1) is 5.92 Å². The molecule has 5 nitrogen and oxygen atoms in total. The smallest absolute Gasteiger partial charge is 0.247 e. The van der Waals surface area contributed by atoms with Crippen molar-refractivity contribution >= 4 is 11.8 Å². The summed E-state index contributed by atoms with van der Waals surface area (Å²) in [6, 6.07) is 8.31. The Morgan fingerprint density at radius 3 is 2.56 bits per heavy atom. The third-order valence-corrected chi connectivity index (χ3v) is 5.84. The number of carbonyl (C=O) groups is 2. The fourth-order valence-electron chi connectivity index (χ4n) is 4.39. The van der Waals surface area contributed by atoms with Crippen LogP contribution in [0.25, 0.3) is 0 Å². The molecule has 136 valence electrons. The quantitative estimate of drug-likeness (QED) is 0.906. The van der Waals surface area contributed by atoms with Gasteiger partial charge in [-0.3, -0.25) is 14.5 Å². The molecule has 1 heterocycles. The molecule has 0 bridgehead atoms. The highest BCUT2D eigenvalue weighted by molar-refractivity contribution is 5.89. The number of aryl methyl sites for hydroxylation is 1. The fraction of sp³-hybridized carbons (Fsp3) is 0.600. The predicted octanol–water partition coefficient (Wildman–Crippen LogP) is 1.76. The molecule has 1 aliphatic heterocycles. The lowest BCUT2D eigenvalue weighted by Gasteiger charge is -2.42. The van der Waals surface area contributed by atoms with Crippen LogP contribution >= 0.6 is 0 Å². The van der Waals surface area contributed by atoms with Gasteiger partial charge in [0.15, 0.2) is 0 Å². The van der Waals surface area contributed by atoms with Gasteiger partial charge >= 0.3 is 0 Å². The molecule has 1 N–H and O–H groups in total. The van der Waals surface area contributed by atoms with Crippen LogP contribution in [-0.4, -0.2) is 55.3 Å². The van der Waals surface area contributed by atoms with Crippen molar-refractivity contribution in [2.24, 2.45) is 5.92 Å². The lowest BCUT2D eigenvalue weighted by Crippen LogP contribution is -2.56. The van der Waals surface area contributed by atoms with Gasteiger partial charge in [0.2, 0.25) is 11.8 Å². The third kappa shape index (κ3) is 3.06. The number of benzene rings is 1. The Bertz CT molecular complexity index is 650. The van der Waals surface area contributed by atoms with Crippen LogP contribution in [0.15, 0.2) is 24.3 Å². The van der Waals surface area contributed by atoms with Gasteiger partial charge in [-0.25, -0.2) is 0 Å². The Morgan fingerprint density at radius 2 is 1.92 bits per heavy atom. The number of likely N-dealkylation sites (N-methyl/N-ethyl adjacent to an activating group) is 1. The van der Waals surface area contributed by atoms with E-state index in [1.807, 2.05) is 38.1 Å². The molecule has 0 saturated carbocycles. The van der Waals surface area contributed by atoms with E-state index in [4.69, 9.17) is 0 Å². The minimum atomic E-state index is -0.560. The van der Waals surface area contributed by atoms with Gasteiger partial charge < -0.3 is 10.2 Å². The molecule has 2 amide bonds. The minimum Gasteiger partial charge on any atom is -0.356 e. The standard InChI is InChI=1S/C20H29N3O2/c1-4-21-18(24)16-10-13-23(14-11-16)19(25)20(22(2)3)12-9-15-7-5-6-8-17(15)20/h5-8,16H,4,9-14H2,1-3H3,(H,21,24)/t20-/m1/s1. The van der Waals surface area contributed by atoms with E-state index in [0.717, 1.165) is 31.2 Å². The largest absolute Gasteiger partial charge is 0.356 e. The molecular weight excluding hydrogens is 314 g/mol. The summed E-state index contributed by atoms with van der Waals surface area (Å²) in [4.78, 5) is 29.6. The Hall–Kier alpha value is -1.88. The van der Waals surface area contributed by atoms with Crippen LogP contribution in [0.5, 0.6) is 0 Å². The molecule has 0 spiro atoms. The summed E-state index contributed by atoms with van der Waals surface area (Å²) in [6.07, 6.45) is 3.27. The Labute approximate surface area is 150 Å². The van der Waals surface area contributed by atoms with E-state index in [1.165, 1.54) is 5.56 Å². The molecule has 1 aromatic rings. The molecule has 1 aromatic carbocycles. The highest BCUT2D eigenvalue weighted by Crippen LogP contribution is 2.42. The monoisotopic (exact) mass is 343 g/mol. The number of carbonyl (C=O) groups excluding carboxylic acids is 2. The van der Waals surface area contributed by atoms with E-state index in [-0.39, 0.29) is 17.7 Å². The molecule has 1 saturated heterocycles. The van der Waals surface area contributed by atoms with Crippen LogP contribution < -0.4 is 5.32 Å². The lowest BCUT2D eigenvalue weighted by atomic mass is 9.87. The van der Waals surface area contributed by atoms with Gasteiger partial charge in [-0.2, -0.15) is 0 Å². The normalized spacial score (nSPS) is 23.6. The number of fused-ring (bicyclic) bond motifs is 1. The molecule has 3 rings (SSSR count). The summed E-state index contributed by atoms with van der Waals surface area (Å²) in [5, 5.41) is 2.90. The topological polar surface area (TPSA) is 52.7 Å². The summed E-state index contributed by atoms with van der Waals surface area (Å²) in [5.41, 5.74) is 1.87. The van der Waals surface area contributed by atoms with E-state index in [2.05, 4.69) is 22.3 Å². The maximum atomic E-state index is 13.5. The Kier molecular flexibility index (Phi) is 5.13. The SMILES string of the molecule is CCNC(=O)C1CCN(C(=O)[C@@]2(N(C)C)CCc3ccccc32)CC1. The van der Waals surface area contributed by atoms with E-state index in [1.54, 1.807) is 0 Å². The number of piperidine rings is 1. The van der Waals surface area contributed by atoms with Crippen molar-refractivity contribution in [3.63, 3.8) is 0 Å². The summed E-state index contributed by atoms with van der Waals surface area (Å²) in [7, 11) is 4.00. The summed E-state index contributed by atoms with van der Waals surface area (Å²) in [5.74, 6) is 0.357. The average molecular weight is 343 g/mol. The van der Waals surface area contributed by atoms with E-state index in [9.17, 15) is 9.59 Å². The number of rotatable bonds is 4. The molecule has 1 fully saturated rings. The zero-order valence-electron chi connectivity index (χ0n) is 15.5. The molecular formula is C20H29N3O2. The van der Waals surface area contributed by atoms with E-state index >= 15 is 0 Å². The van der Waals surface area contributed by atoms with Crippen molar-refractivity contribution in [2.45, 2.75) is 38.1 Å². The second-order valence-electron chi connectivity index (χ2n) is 7.37. The van der Waals surface area contributed by atoms with Gasteiger partial charge in [-0.1, -0.05) is 24.3 Å². The van der Waals surface area contributed by atoms with Gasteiger partial charge in [-0.15, -0.1) is 0 Å². The Morgan fingerprint density at radius 1 is 1.24 bits per heavy atom. The van der Waals surface area contributed by atoms with Crippen LogP contribution in [-0.2, 0) is 21.5 Å². The second kappa shape index (κ2) is 7.16. The molecule has 25 heavy (non-hydrogen) atoms. The zero-order chi connectivity index (χ0) is 18.0. The molecule has 5 heteroatoms. The molecule has 0 radical (unpaired) electrons. The van der Waals surface area contributed by atoms with Crippen LogP contribution in [0.1, 0.15) is 37.3 Å². The van der Waals surface area contributed by atoms with Crippen LogP contribution in [0.4, 0.5) is 0 Å². The predicted molar refractivity (Wildman–Crippen MR) is 98.1 cm³/mol. The highest BCUT2D eigenvalue weighted by atomic mass is 16.2. The molecule has 1 aliphatic carbocycles. The first-order valence-corrected chi connectivity index (χ1v) is 9.33. The molecule has 2 aliphatic rings. The van der Waals surface area contributed by atoms with Gasteiger partial charge in [0.1, 0.15) is 5.54 Å². The van der Waals surface area contributed by atoms with Crippen molar-refractivity contribution in [3.05, 3.63) is 35.4 Å². The number of nitrogens with zero attached hydrogens (tertiary/aromatic N) is 2. The van der Waals surface area contributed by atoms with E-state index in [0.29, 0.717) is 19.6 Å². The fourth-order valence-corrected chi connectivity index (χ4v) is 4.39. The average Bonchev–Trinajstić information content (AvgIpc) is 3.02. The molecule has 1 atom stereocenters. The zero-order valence-corrected chi connectivity index (χ0v) is 15.5. The van der Waals surface area contributed by atoms with Crippen molar-refractivity contribution in [1.82, 2.24) is 15.1 Å². The third-order valence-electron chi connectivity index (χ3n) is 5.84.